The van der Waals surface area contributed by atoms with Gasteiger partial charge in [-0.1, -0.05) is 75.3 Å². The maximum atomic E-state index is 10.3. The number of rotatable bonds is 5. The summed E-state index contributed by atoms with van der Waals surface area (Å²) >= 11 is 0. The summed E-state index contributed by atoms with van der Waals surface area (Å²) in [6.45, 7) is 13.8. The Morgan fingerprint density at radius 2 is 1.79 bits per heavy atom. The summed E-state index contributed by atoms with van der Waals surface area (Å²) in [5.74, 6) is -0.858. The molecular weight excluding hydrogens is 252 g/mol. The second kappa shape index (κ2) is 8.48. The van der Waals surface area contributed by atoms with Gasteiger partial charge in [-0.15, -0.1) is 0 Å². The van der Waals surface area contributed by atoms with Crippen LogP contribution < -0.4 is 0 Å². The summed E-state index contributed by atoms with van der Waals surface area (Å²) in [5.41, 5.74) is 1.51. The first-order valence-electron chi connectivity index (χ1n) is 6.35. The van der Waals surface area contributed by atoms with Crippen molar-refractivity contribution in [2.45, 2.75) is 32.1 Å². The summed E-state index contributed by atoms with van der Waals surface area (Å²) < 4.78 is 0. The molecule has 0 aliphatic rings. The van der Waals surface area contributed by atoms with Gasteiger partial charge in [-0.3, -0.25) is 0 Å². The Bertz CT molecular complexity index is 416. The fourth-order valence-corrected chi connectivity index (χ4v) is 2.27. The summed E-state index contributed by atoms with van der Waals surface area (Å²) in [7, 11) is -1.09. The molecule has 0 amide bonds. The predicted octanol–water partition coefficient (Wildman–Crippen LogP) is 4.69. The van der Waals surface area contributed by atoms with Crippen molar-refractivity contribution in [1.29, 1.82) is 0 Å². The number of hydrogen-bond acceptors (Lipinski definition) is 1. The first-order chi connectivity index (χ1) is 8.76. The highest BCUT2D eigenvalue weighted by Crippen LogP contribution is 2.14. The van der Waals surface area contributed by atoms with Crippen molar-refractivity contribution in [2.75, 3.05) is 0 Å². The minimum absolute atomic E-state index is 0.340. The van der Waals surface area contributed by atoms with Crippen molar-refractivity contribution in [2.24, 2.45) is 0 Å². The SMILES string of the molecule is C=C(CC[Si](C)(C)C)C(=O)O.C=Cc1ccccc1. The highest BCUT2D eigenvalue weighted by Gasteiger charge is 2.14. The number of carboxylic acid groups (broad SMARTS) is 1. The molecule has 0 heterocycles. The number of aliphatic carboxylic acids is 1. The van der Waals surface area contributed by atoms with E-state index in [1.807, 2.05) is 36.4 Å². The van der Waals surface area contributed by atoms with Gasteiger partial charge in [0.2, 0.25) is 0 Å². The van der Waals surface area contributed by atoms with Crippen LogP contribution in [0.5, 0.6) is 0 Å². The fraction of sp³-hybridized carbons (Fsp3) is 0.312. The highest BCUT2D eigenvalue weighted by atomic mass is 28.3. The molecule has 1 aromatic carbocycles. The van der Waals surface area contributed by atoms with Crippen LogP contribution in [0.25, 0.3) is 6.08 Å². The molecule has 1 rings (SSSR count). The molecule has 0 bridgehead atoms. The third-order valence-electron chi connectivity index (χ3n) is 2.51. The molecule has 0 aliphatic carbocycles. The van der Waals surface area contributed by atoms with Crippen molar-refractivity contribution < 1.29 is 9.90 Å². The summed E-state index contributed by atoms with van der Waals surface area (Å²) in [6, 6.07) is 11.0. The molecule has 104 valence electrons. The molecule has 3 heteroatoms. The topological polar surface area (TPSA) is 37.3 Å². The van der Waals surface area contributed by atoms with E-state index >= 15 is 0 Å². The molecule has 0 aromatic heterocycles. The van der Waals surface area contributed by atoms with E-state index in [-0.39, 0.29) is 0 Å². The molecule has 0 radical (unpaired) electrons. The molecule has 2 nitrogen and oxygen atoms in total. The first kappa shape index (κ1) is 17.4. The lowest BCUT2D eigenvalue weighted by Crippen LogP contribution is -2.19. The molecule has 0 saturated heterocycles. The zero-order chi connectivity index (χ0) is 14.9. The maximum Gasteiger partial charge on any atom is 0.330 e. The van der Waals surface area contributed by atoms with Gasteiger partial charge in [-0.05, 0) is 12.0 Å². The van der Waals surface area contributed by atoms with Gasteiger partial charge in [0.15, 0.2) is 0 Å². The fourth-order valence-electron chi connectivity index (χ4n) is 1.22. The van der Waals surface area contributed by atoms with Crippen molar-refractivity contribution in [3.05, 3.63) is 54.6 Å². The molecule has 0 atom stereocenters. The Balaban J connectivity index is 0.000000356. The Morgan fingerprint density at radius 1 is 1.26 bits per heavy atom. The molecule has 1 aromatic rings. The van der Waals surface area contributed by atoms with E-state index in [1.165, 1.54) is 5.56 Å². The van der Waals surface area contributed by atoms with Gasteiger partial charge in [-0.2, -0.15) is 0 Å². The van der Waals surface area contributed by atoms with E-state index in [4.69, 9.17) is 5.11 Å². The Labute approximate surface area is 117 Å². The molecule has 0 saturated carbocycles. The zero-order valence-electron chi connectivity index (χ0n) is 12.1. The average Bonchev–Trinajstić information content (AvgIpc) is 2.36. The van der Waals surface area contributed by atoms with Crippen molar-refractivity contribution in [1.82, 2.24) is 0 Å². The number of carboxylic acids is 1. The van der Waals surface area contributed by atoms with Gasteiger partial charge in [0, 0.05) is 13.6 Å². The van der Waals surface area contributed by atoms with Gasteiger partial charge < -0.3 is 5.11 Å². The molecule has 0 unspecified atom stereocenters. The Hall–Kier alpha value is -1.61. The quantitative estimate of drug-likeness (QED) is 0.626. The largest absolute Gasteiger partial charge is 0.478 e. The smallest absolute Gasteiger partial charge is 0.330 e. The van der Waals surface area contributed by atoms with Gasteiger partial charge in [0.25, 0.3) is 0 Å². The number of benzene rings is 1. The van der Waals surface area contributed by atoms with E-state index in [2.05, 4.69) is 32.8 Å². The summed E-state index contributed by atoms with van der Waals surface area (Å²) in [4.78, 5) is 10.3. The molecule has 0 spiro atoms. The van der Waals surface area contributed by atoms with Crippen LogP contribution in [0.2, 0.25) is 25.7 Å². The molecule has 19 heavy (non-hydrogen) atoms. The van der Waals surface area contributed by atoms with Crippen LogP contribution in [0, 0.1) is 0 Å². The predicted molar refractivity (Wildman–Crippen MR) is 86.1 cm³/mol. The van der Waals surface area contributed by atoms with Crippen LogP contribution >= 0.6 is 0 Å². The second-order valence-corrected chi connectivity index (χ2v) is 11.2. The lowest BCUT2D eigenvalue weighted by atomic mass is 10.2. The lowest BCUT2D eigenvalue weighted by Gasteiger charge is -2.14. The van der Waals surface area contributed by atoms with Gasteiger partial charge in [0.05, 0.1) is 0 Å². The van der Waals surface area contributed by atoms with E-state index in [9.17, 15) is 4.79 Å². The average molecular weight is 276 g/mol. The van der Waals surface area contributed by atoms with Gasteiger partial charge >= 0.3 is 5.97 Å². The highest BCUT2D eigenvalue weighted by molar-refractivity contribution is 6.76. The van der Waals surface area contributed by atoms with Crippen molar-refractivity contribution >= 4 is 20.1 Å². The van der Waals surface area contributed by atoms with Crippen LogP contribution in [0.4, 0.5) is 0 Å². The van der Waals surface area contributed by atoms with E-state index in [1.54, 1.807) is 0 Å². The normalized spacial score (nSPS) is 10.1. The van der Waals surface area contributed by atoms with Crippen molar-refractivity contribution in [3.63, 3.8) is 0 Å². The second-order valence-electron chi connectivity index (χ2n) is 5.58. The van der Waals surface area contributed by atoms with Crippen LogP contribution in [0.15, 0.2) is 49.1 Å². The minimum Gasteiger partial charge on any atom is -0.478 e. The number of carbonyl (C=O) groups is 1. The molecular formula is C16H24O2Si. The van der Waals surface area contributed by atoms with E-state index in [0.717, 1.165) is 6.04 Å². The Kier molecular flexibility index (Phi) is 7.76. The van der Waals surface area contributed by atoms with Crippen LogP contribution in [0.1, 0.15) is 12.0 Å². The Morgan fingerprint density at radius 3 is 2.11 bits per heavy atom. The van der Waals surface area contributed by atoms with E-state index in [0.29, 0.717) is 12.0 Å². The van der Waals surface area contributed by atoms with Crippen LogP contribution in [-0.4, -0.2) is 19.1 Å². The monoisotopic (exact) mass is 276 g/mol. The van der Waals surface area contributed by atoms with Crippen molar-refractivity contribution in [3.8, 4) is 0 Å². The van der Waals surface area contributed by atoms with Crippen LogP contribution in [-0.2, 0) is 4.79 Å². The summed E-state index contributed by atoms with van der Waals surface area (Å²) in [5, 5.41) is 8.49. The van der Waals surface area contributed by atoms with Crippen LogP contribution in [0.3, 0.4) is 0 Å². The minimum atomic E-state index is -1.09. The molecule has 0 fully saturated rings. The first-order valence-corrected chi connectivity index (χ1v) is 10.1. The third-order valence-corrected chi connectivity index (χ3v) is 4.26. The maximum absolute atomic E-state index is 10.3. The summed E-state index contributed by atoms with van der Waals surface area (Å²) in [6.07, 6.45) is 2.48. The zero-order valence-corrected chi connectivity index (χ0v) is 13.1. The lowest BCUT2D eigenvalue weighted by molar-refractivity contribution is -0.132. The number of hydrogen-bond donors (Lipinski definition) is 1. The standard InChI is InChI=1S/C8H16O2Si.C8H8/c1-7(8(9)10)5-6-11(2,3)4;1-2-8-6-4-3-5-7-8/h1,5-6H2,2-4H3,(H,9,10);2-7H,1H2. The molecule has 0 aliphatic heterocycles. The third kappa shape index (κ3) is 10.0. The van der Waals surface area contributed by atoms with E-state index < -0.39 is 14.0 Å². The molecule has 1 N–H and O–H groups in total. The van der Waals surface area contributed by atoms with Gasteiger partial charge in [-0.25, -0.2) is 4.79 Å². The van der Waals surface area contributed by atoms with Gasteiger partial charge in [0.1, 0.15) is 0 Å².